The number of ether oxygens (including phenoxy) is 1. The van der Waals surface area contributed by atoms with Crippen molar-refractivity contribution in [1.29, 1.82) is 0 Å². The summed E-state index contributed by atoms with van der Waals surface area (Å²) in [5.74, 6) is 0.671. The van der Waals surface area contributed by atoms with Gasteiger partial charge in [-0.3, -0.25) is 0 Å². The predicted octanol–water partition coefficient (Wildman–Crippen LogP) is 2.81. The second-order valence-corrected chi connectivity index (χ2v) is 3.74. The molecule has 0 aliphatic carbocycles. The highest BCUT2D eigenvalue weighted by molar-refractivity contribution is 5.50. The van der Waals surface area contributed by atoms with E-state index in [1.807, 2.05) is 0 Å². The number of hydrogen-bond donors (Lipinski definition) is 0. The molecule has 0 aromatic rings. The van der Waals surface area contributed by atoms with Gasteiger partial charge < -0.3 is 9.53 Å². The van der Waals surface area contributed by atoms with Gasteiger partial charge >= 0.3 is 0 Å². The topological polar surface area (TPSA) is 26.3 Å². The number of aldehydes is 1. The van der Waals surface area contributed by atoms with E-state index in [1.165, 1.54) is 19.3 Å². The van der Waals surface area contributed by atoms with Gasteiger partial charge in [-0.1, -0.05) is 33.1 Å². The summed E-state index contributed by atoms with van der Waals surface area (Å²) >= 11 is 0. The van der Waals surface area contributed by atoms with Crippen LogP contribution in [0.1, 0.15) is 46.0 Å². The zero-order chi connectivity index (χ0) is 10.1. The normalized spacial score (nSPS) is 15.3. The summed E-state index contributed by atoms with van der Waals surface area (Å²) in [6.07, 6.45) is 6.39. The van der Waals surface area contributed by atoms with Crippen molar-refractivity contribution in [2.75, 3.05) is 7.11 Å². The minimum atomic E-state index is 0.129. The van der Waals surface area contributed by atoms with E-state index in [1.54, 1.807) is 7.11 Å². The van der Waals surface area contributed by atoms with Crippen molar-refractivity contribution >= 4 is 6.29 Å². The van der Waals surface area contributed by atoms with E-state index in [2.05, 4.69) is 13.8 Å². The van der Waals surface area contributed by atoms with Crippen LogP contribution in [0.25, 0.3) is 0 Å². The van der Waals surface area contributed by atoms with E-state index in [-0.39, 0.29) is 6.10 Å². The summed E-state index contributed by atoms with van der Waals surface area (Å²) in [5.41, 5.74) is 0. The molecule has 0 aromatic heterocycles. The van der Waals surface area contributed by atoms with Gasteiger partial charge in [-0.2, -0.15) is 0 Å². The fraction of sp³-hybridized carbons (Fsp3) is 0.909. The molecule has 2 unspecified atom stereocenters. The molecule has 0 aliphatic heterocycles. The molecule has 0 spiro atoms. The third-order valence-corrected chi connectivity index (χ3v) is 2.41. The van der Waals surface area contributed by atoms with Crippen LogP contribution in [-0.4, -0.2) is 19.5 Å². The van der Waals surface area contributed by atoms with Crippen LogP contribution in [0.5, 0.6) is 0 Å². The van der Waals surface area contributed by atoms with Crippen LogP contribution in [0.15, 0.2) is 0 Å². The van der Waals surface area contributed by atoms with E-state index in [0.717, 1.165) is 12.7 Å². The van der Waals surface area contributed by atoms with Crippen LogP contribution < -0.4 is 0 Å². The van der Waals surface area contributed by atoms with Gasteiger partial charge in [0.1, 0.15) is 6.29 Å². The molecule has 0 aliphatic rings. The van der Waals surface area contributed by atoms with Gasteiger partial charge in [-0.15, -0.1) is 0 Å². The first-order chi connectivity index (χ1) is 6.24. The van der Waals surface area contributed by atoms with Crippen LogP contribution in [0.4, 0.5) is 0 Å². The Bertz CT molecular complexity index is 123. The Balaban J connectivity index is 3.58. The average Bonchev–Trinajstić information content (AvgIpc) is 2.14. The van der Waals surface area contributed by atoms with Gasteiger partial charge in [0, 0.05) is 13.5 Å². The van der Waals surface area contributed by atoms with E-state index < -0.39 is 0 Å². The molecule has 78 valence electrons. The smallest absolute Gasteiger partial charge is 0.122 e. The van der Waals surface area contributed by atoms with E-state index in [0.29, 0.717) is 12.3 Å². The van der Waals surface area contributed by atoms with Crippen molar-refractivity contribution in [2.24, 2.45) is 5.92 Å². The maximum absolute atomic E-state index is 10.3. The maximum atomic E-state index is 10.3. The second-order valence-electron chi connectivity index (χ2n) is 3.74. The number of carbonyl (C=O) groups excluding carboxylic acids is 1. The van der Waals surface area contributed by atoms with Crippen molar-refractivity contribution < 1.29 is 9.53 Å². The number of unbranched alkanes of at least 4 members (excludes halogenated alkanes) is 1. The fourth-order valence-electron chi connectivity index (χ4n) is 1.52. The van der Waals surface area contributed by atoms with Crippen molar-refractivity contribution in [3.8, 4) is 0 Å². The highest BCUT2D eigenvalue weighted by Gasteiger charge is 2.11. The molecule has 0 aromatic carbocycles. The van der Waals surface area contributed by atoms with Crippen molar-refractivity contribution in [3.63, 3.8) is 0 Å². The van der Waals surface area contributed by atoms with Crippen LogP contribution in [-0.2, 0) is 9.53 Å². The summed E-state index contributed by atoms with van der Waals surface area (Å²) in [7, 11) is 1.68. The minimum absolute atomic E-state index is 0.129. The Morgan fingerprint density at radius 3 is 2.62 bits per heavy atom. The summed E-state index contributed by atoms with van der Waals surface area (Å²) in [6.45, 7) is 4.43. The first-order valence-corrected chi connectivity index (χ1v) is 5.21. The van der Waals surface area contributed by atoms with Crippen LogP contribution in [0, 0.1) is 5.92 Å². The number of rotatable bonds is 8. The van der Waals surface area contributed by atoms with Crippen LogP contribution in [0.3, 0.4) is 0 Å². The molecule has 2 nitrogen and oxygen atoms in total. The monoisotopic (exact) mass is 186 g/mol. The molecule has 13 heavy (non-hydrogen) atoms. The van der Waals surface area contributed by atoms with Gasteiger partial charge in [0.2, 0.25) is 0 Å². The summed E-state index contributed by atoms with van der Waals surface area (Å²) < 4.78 is 5.21. The molecule has 0 bridgehead atoms. The van der Waals surface area contributed by atoms with Gasteiger partial charge in [-0.25, -0.2) is 0 Å². The highest BCUT2D eigenvalue weighted by Crippen LogP contribution is 2.16. The zero-order valence-electron chi connectivity index (χ0n) is 9.08. The van der Waals surface area contributed by atoms with Crippen molar-refractivity contribution in [1.82, 2.24) is 0 Å². The Labute approximate surface area is 81.7 Å². The highest BCUT2D eigenvalue weighted by atomic mass is 16.5. The molecule has 0 heterocycles. The van der Waals surface area contributed by atoms with Crippen LogP contribution >= 0.6 is 0 Å². The fourth-order valence-corrected chi connectivity index (χ4v) is 1.52. The van der Waals surface area contributed by atoms with Gasteiger partial charge in [0.25, 0.3) is 0 Å². The molecule has 0 radical (unpaired) electrons. The van der Waals surface area contributed by atoms with Crippen molar-refractivity contribution in [2.45, 2.75) is 52.1 Å². The molecule has 0 N–H and O–H groups in total. The molecule has 2 atom stereocenters. The van der Waals surface area contributed by atoms with Crippen LogP contribution in [0.2, 0.25) is 0 Å². The minimum Gasteiger partial charge on any atom is -0.381 e. The number of hydrogen-bond acceptors (Lipinski definition) is 2. The summed E-state index contributed by atoms with van der Waals surface area (Å²) in [6, 6.07) is 0. The molecule has 0 fully saturated rings. The molecule has 0 saturated carbocycles. The Hall–Kier alpha value is -0.370. The molecule has 0 rings (SSSR count). The molecular formula is C11H22O2. The largest absolute Gasteiger partial charge is 0.381 e. The van der Waals surface area contributed by atoms with Crippen molar-refractivity contribution in [3.05, 3.63) is 0 Å². The Morgan fingerprint density at radius 2 is 2.15 bits per heavy atom. The Kier molecular flexibility index (Phi) is 8.00. The summed E-state index contributed by atoms with van der Waals surface area (Å²) in [5, 5.41) is 0. The summed E-state index contributed by atoms with van der Waals surface area (Å²) in [4.78, 5) is 10.3. The lowest BCUT2D eigenvalue weighted by Crippen LogP contribution is -2.15. The molecule has 0 saturated heterocycles. The van der Waals surface area contributed by atoms with Gasteiger partial charge in [0.15, 0.2) is 0 Å². The van der Waals surface area contributed by atoms with E-state index in [4.69, 9.17) is 4.74 Å². The van der Waals surface area contributed by atoms with E-state index >= 15 is 0 Å². The first-order valence-electron chi connectivity index (χ1n) is 5.21. The second kappa shape index (κ2) is 8.24. The van der Waals surface area contributed by atoms with E-state index in [9.17, 15) is 4.79 Å². The number of methoxy groups -OCH3 is 1. The lowest BCUT2D eigenvalue weighted by Gasteiger charge is -2.17. The number of carbonyl (C=O) groups is 1. The Morgan fingerprint density at radius 1 is 1.46 bits per heavy atom. The zero-order valence-corrected chi connectivity index (χ0v) is 9.08. The van der Waals surface area contributed by atoms with Gasteiger partial charge in [-0.05, 0) is 12.3 Å². The van der Waals surface area contributed by atoms with Gasteiger partial charge in [0.05, 0.1) is 6.10 Å². The third-order valence-electron chi connectivity index (χ3n) is 2.41. The third kappa shape index (κ3) is 6.76. The average molecular weight is 186 g/mol. The standard InChI is InChI=1S/C11H22O2/c1-4-5-6-10(2)9-11(13-3)7-8-12/h8,10-11H,4-7,9H2,1-3H3. The lowest BCUT2D eigenvalue weighted by molar-refractivity contribution is -0.110. The predicted molar refractivity (Wildman–Crippen MR) is 54.8 cm³/mol. The molecule has 2 heteroatoms. The quantitative estimate of drug-likeness (QED) is 0.545. The first kappa shape index (κ1) is 12.6. The maximum Gasteiger partial charge on any atom is 0.122 e. The lowest BCUT2D eigenvalue weighted by atomic mass is 9.96. The SMILES string of the molecule is CCCCC(C)CC(CC=O)OC. The molecule has 0 amide bonds. The molecular weight excluding hydrogens is 164 g/mol.